The highest BCUT2D eigenvalue weighted by molar-refractivity contribution is 14.0. The van der Waals surface area contributed by atoms with Crippen molar-refractivity contribution in [1.29, 1.82) is 0 Å². The van der Waals surface area contributed by atoms with Crippen LogP contribution >= 0.6 is 24.0 Å². The van der Waals surface area contributed by atoms with Gasteiger partial charge in [0, 0.05) is 26.2 Å². The van der Waals surface area contributed by atoms with Crippen LogP contribution in [0.1, 0.15) is 51.2 Å². The number of hydrogen-bond acceptors (Lipinski definition) is 2. The van der Waals surface area contributed by atoms with Crippen LogP contribution in [0, 0.1) is 5.92 Å². The number of aliphatic imine (C=N–C) groups is 1. The molecule has 144 valence electrons. The predicted octanol–water partition coefficient (Wildman–Crippen LogP) is 3.76. The van der Waals surface area contributed by atoms with Gasteiger partial charge in [-0.05, 0) is 49.7 Å². The highest BCUT2D eigenvalue weighted by atomic mass is 127. The van der Waals surface area contributed by atoms with Gasteiger partial charge in [-0.25, -0.2) is 0 Å². The smallest absolute Gasteiger partial charge is 0.191 e. The zero-order valence-corrected chi connectivity index (χ0v) is 18.4. The zero-order valence-electron chi connectivity index (χ0n) is 16.1. The molecule has 5 heteroatoms. The number of benzene rings is 1. The molecule has 4 nitrogen and oxygen atoms in total. The lowest BCUT2D eigenvalue weighted by molar-refractivity contribution is 0.253. The van der Waals surface area contributed by atoms with Crippen molar-refractivity contribution in [3.63, 3.8) is 0 Å². The number of aliphatic hydroxyl groups is 1. The Labute approximate surface area is 170 Å². The van der Waals surface area contributed by atoms with Crippen LogP contribution in [0.4, 0.5) is 0 Å². The molecule has 0 bridgehead atoms. The summed E-state index contributed by atoms with van der Waals surface area (Å²) in [5, 5.41) is 15.9. The summed E-state index contributed by atoms with van der Waals surface area (Å²) < 4.78 is 0. The summed E-state index contributed by atoms with van der Waals surface area (Å²) in [6, 6.07) is 8.84. The minimum atomic E-state index is 0. The van der Waals surface area contributed by atoms with Crippen LogP contribution in [0.3, 0.4) is 0 Å². The summed E-state index contributed by atoms with van der Waals surface area (Å²) in [7, 11) is 0. The Bertz CT molecular complexity index is 457. The van der Waals surface area contributed by atoms with Gasteiger partial charge in [-0.3, -0.25) is 4.99 Å². The van der Waals surface area contributed by atoms with Crippen molar-refractivity contribution in [2.24, 2.45) is 10.9 Å². The molecule has 0 spiro atoms. The van der Waals surface area contributed by atoms with Crippen LogP contribution in [-0.4, -0.2) is 37.3 Å². The second-order valence-electron chi connectivity index (χ2n) is 6.23. The number of hydrogen-bond donors (Lipinski definition) is 3. The molecule has 0 amide bonds. The summed E-state index contributed by atoms with van der Waals surface area (Å²) >= 11 is 0. The van der Waals surface area contributed by atoms with Crippen molar-refractivity contribution in [1.82, 2.24) is 10.6 Å². The summed E-state index contributed by atoms with van der Waals surface area (Å²) in [6.45, 7) is 9.19. The fourth-order valence-electron chi connectivity index (χ4n) is 2.75. The molecule has 1 rings (SSSR count). The molecule has 25 heavy (non-hydrogen) atoms. The maximum Gasteiger partial charge on any atom is 0.191 e. The molecule has 0 saturated heterocycles. The summed E-state index contributed by atoms with van der Waals surface area (Å²) in [5.41, 5.74) is 2.73. The monoisotopic (exact) mass is 461 g/mol. The van der Waals surface area contributed by atoms with E-state index in [0.717, 1.165) is 57.7 Å². The Morgan fingerprint density at radius 1 is 1.04 bits per heavy atom. The highest BCUT2D eigenvalue weighted by Gasteiger charge is 2.07. The van der Waals surface area contributed by atoms with Crippen LogP contribution in [0.15, 0.2) is 29.3 Å². The number of guanidine groups is 1. The lowest BCUT2D eigenvalue weighted by Gasteiger charge is -2.15. The van der Waals surface area contributed by atoms with Crippen molar-refractivity contribution < 1.29 is 5.11 Å². The second-order valence-corrected chi connectivity index (χ2v) is 6.23. The molecule has 1 atom stereocenters. The van der Waals surface area contributed by atoms with E-state index >= 15 is 0 Å². The first-order valence-corrected chi connectivity index (χ1v) is 9.44. The molecular weight excluding hydrogens is 425 g/mol. The topological polar surface area (TPSA) is 56.7 Å². The van der Waals surface area contributed by atoms with Gasteiger partial charge in [-0.15, -0.1) is 24.0 Å². The Balaban J connectivity index is 0.00000576. The van der Waals surface area contributed by atoms with E-state index in [1.807, 2.05) is 0 Å². The van der Waals surface area contributed by atoms with E-state index in [1.165, 1.54) is 11.1 Å². The number of aryl methyl sites for hydroxylation is 1. The van der Waals surface area contributed by atoms with Crippen LogP contribution in [-0.2, 0) is 12.8 Å². The van der Waals surface area contributed by atoms with Crippen molar-refractivity contribution >= 4 is 29.9 Å². The third-order valence-electron chi connectivity index (χ3n) is 4.22. The standard InChI is InChI=1S/C20H35N3O.HI/c1-4-7-19(13-15-24)16-23-20(21-6-3)22-14-12-18-10-8-17(5-2)9-11-18;/h8-11,19,24H,4-7,12-16H2,1-3H3,(H2,21,22,23);1H. The van der Waals surface area contributed by atoms with E-state index < -0.39 is 0 Å². The van der Waals surface area contributed by atoms with Crippen LogP contribution in [0.25, 0.3) is 0 Å². The molecule has 1 aromatic carbocycles. The Morgan fingerprint density at radius 2 is 1.72 bits per heavy atom. The number of nitrogens with zero attached hydrogens (tertiary/aromatic N) is 1. The van der Waals surface area contributed by atoms with E-state index in [-0.39, 0.29) is 30.6 Å². The molecular formula is C20H36IN3O. The van der Waals surface area contributed by atoms with Crippen LogP contribution in [0.5, 0.6) is 0 Å². The number of nitrogens with one attached hydrogen (secondary N) is 2. The van der Waals surface area contributed by atoms with Gasteiger partial charge in [-0.2, -0.15) is 0 Å². The molecule has 1 unspecified atom stereocenters. The first kappa shape index (κ1) is 24.2. The second kappa shape index (κ2) is 15.4. The van der Waals surface area contributed by atoms with E-state index in [9.17, 15) is 0 Å². The first-order valence-electron chi connectivity index (χ1n) is 9.44. The fourth-order valence-corrected chi connectivity index (χ4v) is 2.75. The van der Waals surface area contributed by atoms with Gasteiger partial charge in [0.25, 0.3) is 0 Å². The fraction of sp³-hybridized carbons (Fsp3) is 0.650. The Hall–Kier alpha value is -0.820. The Morgan fingerprint density at radius 3 is 2.28 bits per heavy atom. The van der Waals surface area contributed by atoms with E-state index in [1.54, 1.807) is 0 Å². The molecule has 0 aromatic heterocycles. The van der Waals surface area contributed by atoms with Crippen LogP contribution in [0.2, 0.25) is 0 Å². The molecule has 3 N–H and O–H groups in total. The van der Waals surface area contributed by atoms with Crippen molar-refractivity contribution in [3.05, 3.63) is 35.4 Å². The molecule has 0 radical (unpaired) electrons. The van der Waals surface area contributed by atoms with Gasteiger partial charge in [0.1, 0.15) is 0 Å². The summed E-state index contributed by atoms with van der Waals surface area (Å²) in [5.74, 6) is 1.35. The van der Waals surface area contributed by atoms with Crippen molar-refractivity contribution in [2.45, 2.75) is 52.9 Å². The van der Waals surface area contributed by atoms with Gasteiger partial charge < -0.3 is 15.7 Å². The van der Waals surface area contributed by atoms with Crippen LogP contribution < -0.4 is 10.6 Å². The minimum absolute atomic E-state index is 0. The molecule has 0 fully saturated rings. The maximum atomic E-state index is 9.16. The zero-order chi connectivity index (χ0) is 17.6. The molecule has 0 saturated carbocycles. The van der Waals surface area contributed by atoms with Crippen molar-refractivity contribution in [3.8, 4) is 0 Å². The lowest BCUT2D eigenvalue weighted by Crippen LogP contribution is -2.38. The van der Waals surface area contributed by atoms with E-state index in [0.29, 0.717) is 5.92 Å². The average Bonchev–Trinajstić information content (AvgIpc) is 2.60. The quantitative estimate of drug-likeness (QED) is 0.267. The average molecular weight is 461 g/mol. The summed E-state index contributed by atoms with van der Waals surface area (Å²) in [6.07, 6.45) is 5.16. The van der Waals surface area contributed by atoms with E-state index in [2.05, 4.69) is 55.7 Å². The SMILES string of the molecule is CCCC(CCO)CN=C(NCC)NCCc1ccc(CC)cc1.I. The largest absolute Gasteiger partial charge is 0.396 e. The molecule has 0 aliphatic rings. The van der Waals surface area contributed by atoms with Crippen molar-refractivity contribution in [2.75, 3.05) is 26.2 Å². The molecule has 0 heterocycles. The van der Waals surface area contributed by atoms with Gasteiger partial charge in [-0.1, -0.05) is 44.5 Å². The molecule has 0 aliphatic carbocycles. The Kier molecular flexibility index (Phi) is 14.9. The van der Waals surface area contributed by atoms with Gasteiger partial charge in [0.05, 0.1) is 0 Å². The van der Waals surface area contributed by atoms with Gasteiger partial charge in [0.15, 0.2) is 5.96 Å². The first-order chi connectivity index (χ1) is 11.7. The third-order valence-corrected chi connectivity index (χ3v) is 4.22. The molecule has 0 aliphatic heterocycles. The van der Waals surface area contributed by atoms with E-state index in [4.69, 9.17) is 10.1 Å². The maximum absolute atomic E-state index is 9.16. The summed E-state index contributed by atoms with van der Waals surface area (Å²) in [4.78, 5) is 4.69. The highest BCUT2D eigenvalue weighted by Crippen LogP contribution is 2.11. The number of rotatable bonds is 11. The normalized spacial score (nSPS) is 12.4. The number of halogens is 1. The lowest BCUT2D eigenvalue weighted by atomic mass is 10.0. The third kappa shape index (κ3) is 10.7. The predicted molar refractivity (Wildman–Crippen MR) is 119 cm³/mol. The van der Waals surface area contributed by atoms with Gasteiger partial charge in [0.2, 0.25) is 0 Å². The molecule has 1 aromatic rings. The number of aliphatic hydroxyl groups excluding tert-OH is 1. The van der Waals surface area contributed by atoms with Gasteiger partial charge >= 0.3 is 0 Å². The minimum Gasteiger partial charge on any atom is -0.396 e.